The second kappa shape index (κ2) is 7.40. The van der Waals surface area contributed by atoms with Crippen molar-refractivity contribution >= 4 is 17.0 Å². The van der Waals surface area contributed by atoms with E-state index in [0.29, 0.717) is 17.9 Å². The van der Waals surface area contributed by atoms with E-state index >= 15 is 0 Å². The summed E-state index contributed by atoms with van der Waals surface area (Å²) < 4.78 is 2.45. The second-order valence-corrected chi connectivity index (χ2v) is 6.18. The lowest BCUT2D eigenvalue weighted by atomic mass is 10.2. The Morgan fingerprint density at radius 2 is 1.55 bits per heavy atom. The average molecular weight is 384 g/mol. The van der Waals surface area contributed by atoms with E-state index in [4.69, 9.17) is 0 Å². The number of nitriles is 1. The van der Waals surface area contributed by atoms with Crippen LogP contribution in [0.4, 0.5) is 5.95 Å². The third kappa shape index (κ3) is 3.04. The van der Waals surface area contributed by atoms with E-state index in [1.165, 1.54) is 4.57 Å². The fourth-order valence-corrected chi connectivity index (χ4v) is 3.07. The second-order valence-electron chi connectivity index (χ2n) is 6.18. The van der Waals surface area contributed by atoms with Crippen LogP contribution >= 0.6 is 0 Å². The standard InChI is InChI=1S/C21H16N6O2/c1-2-23-21-24-17-16(13-22)19(28)27(15-11-7-4-8-12-15)25-18(17)20(29)26(21)14-9-5-3-6-10-14/h3-12H,2H2,1H3,(H,23,24). The molecule has 0 radical (unpaired) electrons. The van der Waals surface area contributed by atoms with E-state index in [-0.39, 0.29) is 22.5 Å². The molecular weight excluding hydrogens is 368 g/mol. The summed E-state index contributed by atoms with van der Waals surface area (Å²) in [6.45, 7) is 2.36. The Kier molecular flexibility index (Phi) is 4.63. The zero-order valence-electron chi connectivity index (χ0n) is 15.5. The van der Waals surface area contributed by atoms with Crippen LogP contribution in [0.5, 0.6) is 0 Å². The highest BCUT2D eigenvalue weighted by Gasteiger charge is 2.20. The fraction of sp³-hybridized carbons (Fsp3) is 0.0952. The summed E-state index contributed by atoms with van der Waals surface area (Å²) in [6.07, 6.45) is 0. The molecule has 0 fully saturated rings. The largest absolute Gasteiger partial charge is 0.356 e. The summed E-state index contributed by atoms with van der Waals surface area (Å²) >= 11 is 0. The van der Waals surface area contributed by atoms with Gasteiger partial charge in [-0.1, -0.05) is 36.4 Å². The van der Waals surface area contributed by atoms with Gasteiger partial charge in [0.1, 0.15) is 17.1 Å². The summed E-state index contributed by atoms with van der Waals surface area (Å²) in [5, 5.41) is 16.9. The van der Waals surface area contributed by atoms with Gasteiger partial charge in [-0.25, -0.2) is 9.55 Å². The van der Waals surface area contributed by atoms with Crippen LogP contribution in [-0.4, -0.2) is 25.9 Å². The molecule has 0 amide bonds. The molecule has 0 aliphatic heterocycles. The third-order valence-electron chi connectivity index (χ3n) is 4.36. The van der Waals surface area contributed by atoms with Crippen LogP contribution in [0.15, 0.2) is 70.3 Å². The maximum absolute atomic E-state index is 13.4. The molecule has 0 saturated heterocycles. The first-order valence-corrected chi connectivity index (χ1v) is 9.00. The van der Waals surface area contributed by atoms with E-state index in [0.717, 1.165) is 4.68 Å². The average Bonchev–Trinajstić information content (AvgIpc) is 2.75. The van der Waals surface area contributed by atoms with Crippen molar-refractivity contribution in [1.29, 1.82) is 5.26 Å². The van der Waals surface area contributed by atoms with Gasteiger partial charge in [0.05, 0.1) is 11.4 Å². The Morgan fingerprint density at radius 3 is 2.14 bits per heavy atom. The molecule has 142 valence electrons. The molecular formula is C21H16N6O2. The van der Waals surface area contributed by atoms with Crippen molar-refractivity contribution in [2.24, 2.45) is 0 Å². The molecule has 29 heavy (non-hydrogen) atoms. The minimum Gasteiger partial charge on any atom is -0.356 e. The van der Waals surface area contributed by atoms with Crippen molar-refractivity contribution in [3.8, 4) is 17.4 Å². The smallest absolute Gasteiger partial charge is 0.291 e. The van der Waals surface area contributed by atoms with Gasteiger partial charge in [-0.15, -0.1) is 0 Å². The monoisotopic (exact) mass is 384 g/mol. The number of aromatic nitrogens is 4. The number of hydrogen-bond donors (Lipinski definition) is 1. The van der Waals surface area contributed by atoms with Crippen molar-refractivity contribution in [3.63, 3.8) is 0 Å². The predicted octanol–water partition coefficient (Wildman–Crippen LogP) is 2.24. The number of fused-ring (bicyclic) bond motifs is 1. The highest BCUT2D eigenvalue weighted by molar-refractivity contribution is 5.80. The van der Waals surface area contributed by atoms with Crippen molar-refractivity contribution in [1.82, 2.24) is 19.3 Å². The van der Waals surface area contributed by atoms with Gasteiger partial charge in [0, 0.05) is 6.54 Å². The number of hydrogen-bond acceptors (Lipinski definition) is 6. The summed E-state index contributed by atoms with van der Waals surface area (Å²) in [4.78, 5) is 30.7. The van der Waals surface area contributed by atoms with Gasteiger partial charge in [0.25, 0.3) is 11.1 Å². The minimum absolute atomic E-state index is 0.0159. The van der Waals surface area contributed by atoms with Crippen LogP contribution in [0.3, 0.4) is 0 Å². The van der Waals surface area contributed by atoms with E-state index in [2.05, 4.69) is 15.4 Å². The molecule has 4 aromatic rings. The Balaban J connectivity index is 2.15. The lowest BCUT2D eigenvalue weighted by Gasteiger charge is -2.15. The first-order valence-electron chi connectivity index (χ1n) is 9.00. The first-order chi connectivity index (χ1) is 14.2. The number of rotatable bonds is 4. The number of nitrogens with zero attached hydrogens (tertiary/aromatic N) is 5. The molecule has 0 spiro atoms. The molecule has 0 bridgehead atoms. The predicted molar refractivity (Wildman–Crippen MR) is 110 cm³/mol. The molecule has 0 aliphatic carbocycles. The lowest BCUT2D eigenvalue weighted by Crippen LogP contribution is -2.30. The molecule has 2 heterocycles. The number of nitrogens with one attached hydrogen (secondary N) is 1. The van der Waals surface area contributed by atoms with Gasteiger partial charge >= 0.3 is 0 Å². The van der Waals surface area contributed by atoms with E-state index in [9.17, 15) is 14.9 Å². The quantitative estimate of drug-likeness (QED) is 0.578. The van der Waals surface area contributed by atoms with E-state index in [1.54, 1.807) is 54.6 Å². The zero-order chi connectivity index (χ0) is 20.4. The molecule has 2 aromatic carbocycles. The van der Waals surface area contributed by atoms with Crippen molar-refractivity contribution < 1.29 is 0 Å². The first kappa shape index (κ1) is 18.1. The fourth-order valence-electron chi connectivity index (χ4n) is 3.07. The summed E-state index contributed by atoms with van der Waals surface area (Å²) in [7, 11) is 0. The van der Waals surface area contributed by atoms with Crippen LogP contribution in [0.2, 0.25) is 0 Å². The van der Waals surface area contributed by atoms with E-state index < -0.39 is 11.1 Å². The van der Waals surface area contributed by atoms with Crippen molar-refractivity contribution in [2.75, 3.05) is 11.9 Å². The molecule has 0 unspecified atom stereocenters. The SMILES string of the molecule is CCNc1nc2c(C#N)c(=O)n(-c3ccccc3)nc2c(=O)n1-c1ccccc1. The Morgan fingerprint density at radius 1 is 0.931 bits per heavy atom. The zero-order valence-corrected chi connectivity index (χ0v) is 15.5. The van der Waals surface area contributed by atoms with Gasteiger partial charge in [-0.05, 0) is 31.2 Å². The third-order valence-corrected chi connectivity index (χ3v) is 4.36. The molecule has 4 rings (SSSR count). The van der Waals surface area contributed by atoms with Gasteiger partial charge in [-0.2, -0.15) is 15.0 Å². The van der Waals surface area contributed by atoms with E-state index in [1.807, 2.05) is 19.1 Å². The lowest BCUT2D eigenvalue weighted by molar-refractivity contribution is 0.813. The summed E-state index contributed by atoms with van der Waals surface area (Å²) in [6, 6.07) is 19.5. The maximum atomic E-state index is 13.4. The van der Waals surface area contributed by atoms with Gasteiger partial charge in [0.2, 0.25) is 5.95 Å². The molecule has 2 aromatic heterocycles. The minimum atomic E-state index is -0.627. The molecule has 0 saturated carbocycles. The number of para-hydroxylation sites is 2. The van der Waals surface area contributed by atoms with Crippen molar-refractivity contribution in [2.45, 2.75) is 6.92 Å². The van der Waals surface area contributed by atoms with Gasteiger partial charge < -0.3 is 5.32 Å². The van der Waals surface area contributed by atoms with Crippen molar-refractivity contribution in [3.05, 3.63) is 86.9 Å². The topological polar surface area (TPSA) is 106 Å². The maximum Gasteiger partial charge on any atom is 0.291 e. The van der Waals surface area contributed by atoms with Crippen LogP contribution < -0.4 is 16.4 Å². The highest BCUT2D eigenvalue weighted by atomic mass is 16.1. The van der Waals surface area contributed by atoms with Crippen LogP contribution in [0, 0.1) is 11.3 Å². The van der Waals surface area contributed by atoms with Gasteiger partial charge in [-0.3, -0.25) is 9.59 Å². The van der Waals surface area contributed by atoms with Crippen LogP contribution in [-0.2, 0) is 0 Å². The highest BCUT2D eigenvalue weighted by Crippen LogP contribution is 2.17. The van der Waals surface area contributed by atoms with Gasteiger partial charge in [0.15, 0.2) is 5.52 Å². The number of anilines is 1. The number of benzene rings is 2. The molecule has 0 aliphatic rings. The summed E-state index contributed by atoms with van der Waals surface area (Å²) in [5.74, 6) is 0.242. The molecule has 0 atom stereocenters. The normalized spacial score (nSPS) is 10.6. The Hall–Kier alpha value is -4.25. The van der Waals surface area contributed by atoms with Crippen LogP contribution in [0.25, 0.3) is 22.4 Å². The molecule has 1 N–H and O–H groups in total. The molecule has 8 nitrogen and oxygen atoms in total. The summed E-state index contributed by atoms with van der Waals surface area (Å²) in [5.41, 5.74) is -0.349. The molecule has 8 heteroatoms. The Labute approximate surface area is 165 Å². The van der Waals surface area contributed by atoms with Crippen LogP contribution in [0.1, 0.15) is 12.5 Å². The Bertz CT molecular complexity index is 1350.